The van der Waals surface area contributed by atoms with Gasteiger partial charge < -0.3 is 0 Å². The van der Waals surface area contributed by atoms with Crippen molar-refractivity contribution >= 4 is 23.1 Å². The summed E-state index contributed by atoms with van der Waals surface area (Å²) in [5.41, 5.74) is 1.55. The van der Waals surface area contributed by atoms with E-state index in [1.165, 1.54) is 0 Å². The van der Waals surface area contributed by atoms with Gasteiger partial charge in [-0.1, -0.05) is 43.3 Å². The van der Waals surface area contributed by atoms with Crippen molar-refractivity contribution in [3.8, 4) is 0 Å². The SMILES string of the molecule is CCCC(=O)CC(=O)N(c1ccccc1)c1ccccc1. The summed E-state index contributed by atoms with van der Waals surface area (Å²) >= 11 is 0. The highest BCUT2D eigenvalue weighted by Gasteiger charge is 2.19. The maximum Gasteiger partial charge on any atom is 0.238 e. The fraction of sp³-hybridized carbons (Fsp3) is 0.222. The molecule has 108 valence electrons. The maximum atomic E-state index is 12.5. The van der Waals surface area contributed by atoms with Crippen LogP contribution in [0.1, 0.15) is 26.2 Å². The van der Waals surface area contributed by atoms with Crippen molar-refractivity contribution in [2.24, 2.45) is 0 Å². The summed E-state index contributed by atoms with van der Waals surface area (Å²) in [6, 6.07) is 18.8. The summed E-state index contributed by atoms with van der Waals surface area (Å²) in [6.45, 7) is 1.94. The van der Waals surface area contributed by atoms with Gasteiger partial charge in [0.2, 0.25) is 5.91 Å². The number of carbonyl (C=O) groups is 2. The standard InChI is InChI=1S/C18H19NO2/c1-2-9-17(20)14-18(21)19(15-10-5-3-6-11-15)16-12-7-4-8-13-16/h3-8,10-13H,2,9,14H2,1H3. The van der Waals surface area contributed by atoms with Gasteiger partial charge in [0, 0.05) is 17.8 Å². The first-order valence-corrected chi connectivity index (χ1v) is 7.17. The van der Waals surface area contributed by atoms with Gasteiger partial charge in [0.15, 0.2) is 0 Å². The quantitative estimate of drug-likeness (QED) is 0.747. The predicted molar refractivity (Wildman–Crippen MR) is 84.6 cm³/mol. The Balaban J connectivity index is 2.29. The molecule has 0 saturated carbocycles. The van der Waals surface area contributed by atoms with Crippen molar-refractivity contribution in [2.75, 3.05) is 4.90 Å². The number of Topliss-reactive ketones (excluding diaryl/α,β-unsaturated/α-hetero) is 1. The molecule has 2 rings (SSSR count). The van der Waals surface area contributed by atoms with E-state index < -0.39 is 0 Å². The average Bonchev–Trinajstić information content (AvgIpc) is 2.50. The molecule has 0 saturated heterocycles. The molecule has 0 unspecified atom stereocenters. The Hall–Kier alpha value is -2.42. The van der Waals surface area contributed by atoms with E-state index in [4.69, 9.17) is 0 Å². The van der Waals surface area contributed by atoms with Crippen molar-refractivity contribution in [1.82, 2.24) is 0 Å². The van der Waals surface area contributed by atoms with Crippen LogP contribution in [0.4, 0.5) is 11.4 Å². The van der Waals surface area contributed by atoms with Gasteiger partial charge in [0.1, 0.15) is 5.78 Å². The Morgan fingerprint density at radius 3 is 1.76 bits per heavy atom. The van der Waals surface area contributed by atoms with E-state index in [1.807, 2.05) is 67.6 Å². The van der Waals surface area contributed by atoms with Crippen LogP contribution in [0.2, 0.25) is 0 Å². The van der Waals surface area contributed by atoms with Gasteiger partial charge in [0.05, 0.1) is 6.42 Å². The van der Waals surface area contributed by atoms with E-state index in [1.54, 1.807) is 4.90 Å². The molecule has 3 heteroatoms. The first kappa shape index (κ1) is 15.0. The molecular weight excluding hydrogens is 262 g/mol. The Kier molecular flexibility index (Phi) is 5.27. The number of nitrogens with zero attached hydrogens (tertiary/aromatic N) is 1. The second-order valence-corrected chi connectivity index (χ2v) is 4.87. The number of ketones is 1. The molecule has 2 aromatic rings. The number of hydrogen-bond donors (Lipinski definition) is 0. The molecule has 0 N–H and O–H groups in total. The highest BCUT2D eigenvalue weighted by Crippen LogP contribution is 2.25. The van der Waals surface area contributed by atoms with Crippen molar-refractivity contribution in [3.05, 3.63) is 60.7 Å². The smallest absolute Gasteiger partial charge is 0.238 e. The predicted octanol–water partition coefficient (Wildman–Crippen LogP) is 4.11. The third-order valence-electron chi connectivity index (χ3n) is 3.16. The molecule has 2 aromatic carbocycles. The second-order valence-electron chi connectivity index (χ2n) is 4.87. The Morgan fingerprint density at radius 1 is 0.857 bits per heavy atom. The molecule has 0 heterocycles. The molecule has 0 bridgehead atoms. The molecule has 0 aromatic heterocycles. The first-order chi connectivity index (χ1) is 10.2. The topological polar surface area (TPSA) is 37.4 Å². The zero-order chi connectivity index (χ0) is 15.1. The van der Waals surface area contributed by atoms with Gasteiger partial charge in [-0.2, -0.15) is 0 Å². The number of hydrogen-bond acceptors (Lipinski definition) is 2. The lowest BCUT2D eigenvalue weighted by molar-refractivity contribution is -0.126. The van der Waals surface area contributed by atoms with Crippen LogP contribution in [0.3, 0.4) is 0 Å². The molecule has 0 radical (unpaired) electrons. The highest BCUT2D eigenvalue weighted by atomic mass is 16.2. The van der Waals surface area contributed by atoms with Crippen molar-refractivity contribution in [1.29, 1.82) is 0 Å². The minimum Gasteiger partial charge on any atom is -0.299 e. The molecule has 0 atom stereocenters. The number of carbonyl (C=O) groups excluding carboxylic acids is 2. The summed E-state index contributed by atoms with van der Waals surface area (Å²) in [6.07, 6.45) is 1.16. The van der Waals surface area contributed by atoms with Gasteiger partial charge in [0.25, 0.3) is 0 Å². The lowest BCUT2D eigenvalue weighted by atomic mass is 10.1. The molecule has 0 aliphatic carbocycles. The zero-order valence-electron chi connectivity index (χ0n) is 12.2. The van der Waals surface area contributed by atoms with Gasteiger partial charge in [-0.05, 0) is 30.7 Å². The lowest BCUT2D eigenvalue weighted by Gasteiger charge is -2.22. The molecule has 1 amide bonds. The maximum absolute atomic E-state index is 12.5. The van der Waals surface area contributed by atoms with Gasteiger partial charge in [-0.15, -0.1) is 0 Å². The molecular formula is C18H19NO2. The normalized spacial score (nSPS) is 10.1. The van der Waals surface area contributed by atoms with Crippen LogP contribution in [0.25, 0.3) is 0 Å². The van der Waals surface area contributed by atoms with E-state index in [2.05, 4.69) is 0 Å². The number of benzene rings is 2. The van der Waals surface area contributed by atoms with Crippen LogP contribution >= 0.6 is 0 Å². The molecule has 21 heavy (non-hydrogen) atoms. The molecule has 3 nitrogen and oxygen atoms in total. The van der Waals surface area contributed by atoms with E-state index >= 15 is 0 Å². The monoisotopic (exact) mass is 281 g/mol. The fourth-order valence-electron chi connectivity index (χ4n) is 2.21. The van der Waals surface area contributed by atoms with Crippen LogP contribution < -0.4 is 4.90 Å². The van der Waals surface area contributed by atoms with Gasteiger partial charge in [-0.3, -0.25) is 14.5 Å². The van der Waals surface area contributed by atoms with Crippen LogP contribution in [-0.2, 0) is 9.59 Å². The summed E-state index contributed by atoms with van der Waals surface area (Å²) < 4.78 is 0. The third-order valence-corrected chi connectivity index (χ3v) is 3.16. The molecule has 0 fully saturated rings. The fourth-order valence-corrected chi connectivity index (χ4v) is 2.21. The summed E-state index contributed by atoms with van der Waals surface area (Å²) in [5.74, 6) is -0.204. The summed E-state index contributed by atoms with van der Waals surface area (Å²) in [4.78, 5) is 25.9. The van der Waals surface area contributed by atoms with Crippen molar-refractivity contribution in [3.63, 3.8) is 0 Å². The zero-order valence-corrected chi connectivity index (χ0v) is 12.2. The second kappa shape index (κ2) is 7.39. The third kappa shape index (κ3) is 4.02. The molecule has 0 aliphatic rings. The highest BCUT2D eigenvalue weighted by molar-refractivity contribution is 6.09. The van der Waals surface area contributed by atoms with Gasteiger partial charge in [-0.25, -0.2) is 0 Å². The number of amides is 1. The van der Waals surface area contributed by atoms with E-state index in [0.717, 1.165) is 17.8 Å². The minimum absolute atomic E-state index is 0.0145. The average molecular weight is 281 g/mol. The molecule has 0 spiro atoms. The Bertz CT molecular complexity index is 554. The number of rotatable bonds is 6. The van der Waals surface area contributed by atoms with Gasteiger partial charge >= 0.3 is 0 Å². The van der Waals surface area contributed by atoms with Crippen LogP contribution in [0.5, 0.6) is 0 Å². The summed E-state index contributed by atoms with van der Waals surface area (Å²) in [7, 11) is 0. The van der Waals surface area contributed by atoms with Crippen molar-refractivity contribution < 1.29 is 9.59 Å². The Labute approximate surface area is 125 Å². The number of para-hydroxylation sites is 2. The van der Waals surface area contributed by atoms with Crippen LogP contribution in [0, 0.1) is 0 Å². The lowest BCUT2D eigenvalue weighted by Crippen LogP contribution is -2.27. The van der Waals surface area contributed by atoms with E-state index in [0.29, 0.717) is 6.42 Å². The Morgan fingerprint density at radius 2 is 1.33 bits per heavy atom. The number of anilines is 2. The minimum atomic E-state index is -0.189. The van der Waals surface area contributed by atoms with Crippen molar-refractivity contribution in [2.45, 2.75) is 26.2 Å². The molecule has 0 aliphatic heterocycles. The van der Waals surface area contributed by atoms with Crippen LogP contribution in [-0.4, -0.2) is 11.7 Å². The van der Waals surface area contributed by atoms with E-state index in [9.17, 15) is 9.59 Å². The largest absolute Gasteiger partial charge is 0.299 e. The van der Waals surface area contributed by atoms with E-state index in [-0.39, 0.29) is 18.1 Å². The van der Waals surface area contributed by atoms with Crippen LogP contribution in [0.15, 0.2) is 60.7 Å². The first-order valence-electron chi connectivity index (χ1n) is 7.17. The summed E-state index contributed by atoms with van der Waals surface area (Å²) in [5, 5.41) is 0.